The summed E-state index contributed by atoms with van der Waals surface area (Å²) in [7, 11) is 0. The summed E-state index contributed by atoms with van der Waals surface area (Å²) in [6.07, 6.45) is 0. The summed E-state index contributed by atoms with van der Waals surface area (Å²) in [6.45, 7) is 4.09. The van der Waals surface area contributed by atoms with Crippen molar-refractivity contribution in [1.82, 2.24) is 20.3 Å². The number of hydrogen-bond acceptors (Lipinski definition) is 7. The van der Waals surface area contributed by atoms with Gasteiger partial charge in [-0.1, -0.05) is 36.4 Å². The number of aryl methyl sites for hydroxylation is 2. The Morgan fingerprint density at radius 3 is 1.96 bits per heavy atom. The fourth-order valence-corrected chi connectivity index (χ4v) is 2.60. The van der Waals surface area contributed by atoms with Crippen LogP contribution < -0.4 is 10.6 Å². The van der Waals surface area contributed by atoms with E-state index in [1.165, 1.54) is 0 Å². The van der Waals surface area contributed by atoms with Crippen molar-refractivity contribution in [3.63, 3.8) is 0 Å². The van der Waals surface area contributed by atoms with Crippen molar-refractivity contribution in [2.75, 3.05) is 10.6 Å². The Labute approximate surface area is 144 Å². The van der Waals surface area contributed by atoms with Crippen molar-refractivity contribution < 1.29 is 4.63 Å². The third kappa shape index (κ3) is 2.99. The average Bonchev–Trinajstić information content (AvgIpc) is 3.06. The van der Waals surface area contributed by atoms with E-state index in [0.717, 1.165) is 22.5 Å². The summed E-state index contributed by atoms with van der Waals surface area (Å²) in [5, 5.41) is 14.2. The molecule has 0 bridgehead atoms. The van der Waals surface area contributed by atoms with Gasteiger partial charge in [0.2, 0.25) is 11.3 Å². The van der Waals surface area contributed by atoms with Crippen LogP contribution in [0.3, 0.4) is 0 Å². The molecule has 0 unspecified atom stereocenters. The maximum Gasteiger partial charge on any atom is 0.245 e. The van der Waals surface area contributed by atoms with E-state index in [-0.39, 0.29) is 0 Å². The smallest absolute Gasteiger partial charge is 0.245 e. The van der Waals surface area contributed by atoms with Gasteiger partial charge in [-0.3, -0.25) is 0 Å². The molecule has 0 spiro atoms. The molecular weight excluding hydrogens is 316 g/mol. The quantitative estimate of drug-likeness (QED) is 0.581. The molecule has 4 aromatic rings. The molecular formula is C18H16N6O. The zero-order valence-corrected chi connectivity index (χ0v) is 13.8. The Hall–Kier alpha value is -3.48. The van der Waals surface area contributed by atoms with Crippen LogP contribution in [-0.2, 0) is 0 Å². The molecule has 2 aromatic heterocycles. The largest absolute Gasteiger partial charge is 0.337 e. The van der Waals surface area contributed by atoms with Crippen LogP contribution in [0.2, 0.25) is 0 Å². The Morgan fingerprint density at radius 2 is 1.32 bits per heavy atom. The van der Waals surface area contributed by atoms with E-state index in [1.807, 2.05) is 62.4 Å². The summed E-state index contributed by atoms with van der Waals surface area (Å²) >= 11 is 0. The summed E-state index contributed by atoms with van der Waals surface area (Å²) < 4.78 is 4.74. The second kappa shape index (κ2) is 6.20. The molecule has 0 saturated heterocycles. The van der Waals surface area contributed by atoms with Crippen LogP contribution in [0.1, 0.15) is 11.1 Å². The molecule has 2 heterocycles. The number of nitrogens with one attached hydrogen (secondary N) is 2. The first-order valence-corrected chi connectivity index (χ1v) is 7.86. The van der Waals surface area contributed by atoms with Gasteiger partial charge in [0.1, 0.15) is 0 Å². The monoisotopic (exact) mass is 332 g/mol. The van der Waals surface area contributed by atoms with E-state index in [9.17, 15) is 0 Å². The lowest BCUT2D eigenvalue weighted by atomic mass is 10.1. The van der Waals surface area contributed by atoms with Crippen molar-refractivity contribution >= 4 is 34.3 Å². The van der Waals surface area contributed by atoms with Gasteiger partial charge in [-0.05, 0) is 47.4 Å². The summed E-state index contributed by atoms with van der Waals surface area (Å²) in [5.74, 6) is 1.11. The highest BCUT2D eigenvalue weighted by atomic mass is 16.6. The molecule has 25 heavy (non-hydrogen) atoms. The second-order valence-electron chi connectivity index (χ2n) is 5.72. The highest BCUT2D eigenvalue weighted by Crippen LogP contribution is 2.29. The van der Waals surface area contributed by atoms with Gasteiger partial charge in [0.25, 0.3) is 0 Å². The lowest BCUT2D eigenvalue weighted by Gasteiger charge is -2.15. The molecule has 7 nitrogen and oxygen atoms in total. The third-order valence-corrected chi connectivity index (χ3v) is 3.88. The predicted octanol–water partition coefficient (Wildman–Crippen LogP) is 4.12. The van der Waals surface area contributed by atoms with Crippen molar-refractivity contribution in [3.8, 4) is 0 Å². The first-order valence-electron chi connectivity index (χ1n) is 7.86. The standard InChI is InChI=1S/C18H16N6O/c1-11-7-6-8-12(2)14(11)20-16-15(19-13-9-4-3-5-10-13)21-17-18(22-16)24-25-23-17/h3-10H,1-2H3,(H,19,21,23)(H,20,22,24). The summed E-state index contributed by atoms with van der Waals surface area (Å²) in [6, 6.07) is 15.9. The SMILES string of the molecule is Cc1cccc(C)c1Nc1nc2nonc2nc1Nc1ccccc1. The lowest BCUT2D eigenvalue weighted by molar-refractivity contribution is 0.314. The molecule has 2 aromatic carbocycles. The fraction of sp³-hybridized carbons (Fsp3) is 0.111. The number of anilines is 4. The topological polar surface area (TPSA) is 88.8 Å². The van der Waals surface area contributed by atoms with Gasteiger partial charge >= 0.3 is 0 Å². The minimum absolute atomic E-state index is 0.352. The minimum atomic E-state index is 0.352. The van der Waals surface area contributed by atoms with Gasteiger partial charge in [-0.15, -0.1) is 0 Å². The van der Waals surface area contributed by atoms with E-state index in [0.29, 0.717) is 22.9 Å². The number of aromatic nitrogens is 4. The number of nitrogens with zero attached hydrogens (tertiary/aromatic N) is 4. The molecule has 4 rings (SSSR count). The molecule has 124 valence electrons. The minimum Gasteiger partial charge on any atom is -0.337 e. The highest BCUT2D eigenvalue weighted by molar-refractivity contribution is 5.80. The Morgan fingerprint density at radius 1 is 0.720 bits per heavy atom. The zero-order chi connectivity index (χ0) is 17.2. The molecule has 0 saturated carbocycles. The highest BCUT2D eigenvalue weighted by Gasteiger charge is 2.14. The first kappa shape index (κ1) is 15.1. The maximum atomic E-state index is 4.74. The zero-order valence-electron chi connectivity index (χ0n) is 13.8. The molecule has 0 aliphatic rings. The number of rotatable bonds is 4. The second-order valence-corrected chi connectivity index (χ2v) is 5.72. The number of fused-ring (bicyclic) bond motifs is 1. The van der Waals surface area contributed by atoms with Gasteiger partial charge in [-0.25, -0.2) is 14.6 Å². The van der Waals surface area contributed by atoms with Gasteiger partial charge in [-0.2, -0.15) is 0 Å². The summed E-state index contributed by atoms with van der Waals surface area (Å²) in [4.78, 5) is 8.99. The molecule has 2 N–H and O–H groups in total. The lowest BCUT2D eigenvalue weighted by Crippen LogP contribution is -2.05. The van der Waals surface area contributed by atoms with E-state index in [4.69, 9.17) is 4.63 Å². The molecule has 0 aliphatic carbocycles. The average molecular weight is 332 g/mol. The van der Waals surface area contributed by atoms with Gasteiger partial charge < -0.3 is 10.6 Å². The third-order valence-electron chi connectivity index (χ3n) is 3.88. The molecule has 0 atom stereocenters. The Kier molecular flexibility index (Phi) is 3.74. The summed E-state index contributed by atoms with van der Waals surface area (Å²) in [5.41, 5.74) is 4.83. The Balaban J connectivity index is 1.79. The Bertz CT molecular complexity index is 1010. The van der Waals surface area contributed by atoms with Crippen molar-refractivity contribution in [3.05, 3.63) is 59.7 Å². The van der Waals surface area contributed by atoms with E-state index >= 15 is 0 Å². The maximum absolute atomic E-state index is 4.74. The molecule has 0 radical (unpaired) electrons. The normalized spacial score (nSPS) is 10.8. The van der Waals surface area contributed by atoms with Crippen LogP contribution in [0.15, 0.2) is 53.2 Å². The fourth-order valence-electron chi connectivity index (χ4n) is 2.60. The van der Waals surface area contributed by atoms with Crippen molar-refractivity contribution in [1.29, 1.82) is 0 Å². The molecule has 0 amide bonds. The van der Waals surface area contributed by atoms with Crippen LogP contribution in [0.4, 0.5) is 23.0 Å². The van der Waals surface area contributed by atoms with Crippen LogP contribution in [0, 0.1) is 13.8 Å². The predicted molar refractivity (Wildman–Crippen MR) is 96.3 cm³/mol. The van der Waals surface area contributed by atoms with Gasteiger partial charge in [0, 0.05) is 11.4 Å². The van der Waals surface area contributed by atoms with E-state index in [2.05, 4.69) is 30.9 Å². The van der Waals surface area contributed by atoms with Crippen LogP contribution >= 0.6 is 0 Å². The van der Waals surface area contributed by atoms with Crippen LogP contribution in [-0.4, -0.2) is 20.3 Å². The van der Waals surface area contributed by atoms with Gasteiger partial charge in [0.05, 0.1) is 0 Å². The number of para-hydroxylation sites is 2. The number of hydrogen-bond donors (Lipinski definition) is 2. The van der Waals surface area contributed by atoms with Crippen LogP contribution in [0.5, 0.6) is 0 Å². The first-order chi connectivity index (χ1) is 12.2. The van der Waals surface area contributed by atoms with Crippen molar-refractivity contribution in [2.24, 2.45) is 0 Å². The van der Waals surface area contributed by atoms with Crippen LogP contribution in [0.25, 0.3) is 11.3 Å². The number of benzene rings is 2. The van der Waals surface area contributed by atoms with E-state index in [1.54, 1.807) is 0 Å². The molecule has 0 fully saturated rings. The van der Waals surface area contributed by atoms with E-state index < -0.39 is 0 Å². The molecule has 0 aliphatic heterocycles. The van der Waals surface area contributed by atoms with Crippen molar-refractivity contribution in [2.45, 2.75) is 13.8 Å². The molecule has 7 heteroatoms. The van der Waals surface area contributed by atoms with Gasteiger partial charge in [0.15, 0.2) is 11.6 Å².